The van der Waals surface area contributed by atoms with Crippen LogP contribution in [0.5, 0.6) is 0 Å². The van der Waals surface area contributed by atoms with E-state index in [1.54, 1.807) is 19.1 Å². The summed E-state index contributed by atoms with van der Waals surface area (Å²) in [7, 11) is 0. The molecule has 1 fully saturated rings. The molecule has 1 aliphatic rings. The zero-order valence-electron chi connectivity index (χ0n) is 8.91. The van der Waals surface area contributed by atoms with Crippen molar-refractivity contribution >= 4 is 0 Å². The van der Waals surface area contributed by atoms with E-state index in [1.807, 2.05) is 0 Å². The highest BCUT2D eigenvalue weighted by molar-refractivity contribution is 5.21. The van der Waals surface area contributed by atoms with Crippen molar-refractivity contribution < 1.29 is 9.50 Å². The average Bonchev–Trinajstić information content (AvgIpc) is 2.19. The molecule has 1 heterocycles. The normalized spacial score (nSPS) is 31.5. The van der Waals surface area contributed by atoms with Crippen LogP contribution in [0.1, 0.15) is 44.1 Å². The summed E-state index contributed by atoms with van der Waals surface area (Å²) in [5, 5.41) is 10.2. The van der Waals surface area contributed by atoms with Crippen molar-refractivity contribution in [3.63, 3.8) is 0 Å². The minimum atomic E-state index is -0.790. The topological polar surface area (TPSA) is 33.1 Å². The summed E-state index contributed by atoms with van der Waals surface area (Å²) in [5.41, 5.74) is -0.232. The van der Waals surface area contributed by atoms with Crippen LogP contribution in [0.4, 0.5) is 4.39 Å². The SMILES string of the molecule is CC1(O)CCCCC1c1cccnc1F. The first-order valence-corrected chi connectivity index (χ1v) is 5.44. The Morgan fingerprint density at radius 3 is 3.00 bits per heavy atom. The second-order valence-electron chi connectivity index (χ2n) is 4.54. The highest BCUT2D eigenvalue weighted by Gasteiger charge is 2.36. The Morgan fingerprint density at radius 1 is 1.53 bits per heavy atom. The highest BCUT2D eigenvalue weighted by atomic mass is 19.1. The lowest BCUT2D eigenvalue weighted by molar-refractivity contribution is -0.000675. The minimum Gasteiger partial charge on any atom is -0.390 e. The van der Waals surface area contributed by atoms with Crippen molar-refractivity contribution in [2.75, 3.05) is 0 Å². The fourth-order valence-electron chi connectivity index (χ4n) is 2.47. The zero-order valence-corrected chi connectivity index (χ0v) is 8.91. The first-order valence-electron chi connectivity index (χ1n) is 5.44. The molecule has 3 heteroatoms. The van der Waals surface area contributed by atoms with Gasteiger partial charge in [0.05, 0.1) is 5.60 Å². The molecule has 2 nitrogen and oxygen atoms in total. The third kappa shape index (κ3) is 2.02. The molecule has 1 saturated carbocycles. The van der Waals surface area contributed by atoms with Crippen LogP contribution in [0.25, 0.3) is 0 Å². The summed E-state index contributed by atoms with van der Waals surface area (Å²) in [4.78, 5) is 3.64. The van der Waals surface area contributed by atoms with Crippen molar-refractivity contribution in [1.82, 2.24) is 4.98 Å². The lowest BCUT2D eigenvalue weighted by atomic mass is 9.73. The summed E-state index contributed by atoms with van der Waals surface area (Å²) in [6.45, 7) is 1.79. The van der Waals surface area contributed by atoms with Gasteiger partial charge in [-0.3, -0.25) is 0 Å². The average molecular weight is 209 g/mol. The van der Waals surface area contributed by atoms with Gasteiger partial charge in [0.1, 0.15) is 0 Å². The predicted molar refractivity (Wildman–Crippen MR) is 56.0 cm³/mol. The molecule has 2 rings (SSSR count). The monoisotopic (exact) mass is 209 g/mol. The van der Waals surface area contributed by atoms with E-state index in [1.165, 1.54) is 6.20 Å². The maximum Gasteiger partial charge on any atom is 0.216 e. The van der Waals surface area contributed by atoms with Crippen LogP contribution in [0.15, 0.2) is 18.3 Å². The van der Waals surface area contributed by atoms with Gasteiger partial charge < -0.3 is 5.11 Å². The minimum absolute atomic E-state index is 0.111. The summed E-state index contributed by atoms with van der Waals surface area (Å²) in [6.07, 6.45) is 5.10. The van der Waals surface area contributed by atoms with E-state index < -0.39 is 11.5 Å². The van der Waals surface area contributed by atoms with E-state index in [2.05, 4.69) is 4.98 Å². The van der Waals surface area contributed by atoms with Crippen molar-refractivity contribution in [2.24, 2.45) is 0 Å². The van der Waals surface area contributed by atoms with Crippen LogP contribution >= 0.6 is 0 Å². The molecular weight excluding hydrogens is 193 g/mol. The van der Waals surface area contributed by atoms with Gasteiger partial charge >= 0.3 is 0 Å². The van der Waals surface area contributed by atoms with Crippen LogP contribution in [0.3, 0.4) is 0 Å². The van der Waals surface area contributed by atoms with Crippen LogP contribution in [0, 0.1) is 5.95 Å². The third-order valence-corrected chi connectivity index (χ3v) is 3.34. The third-order valence-electron chi connectivity index (χ3n) is 3.34. The van der Waals surface area contributed by atoms with E-state index in [0.717, 1.165) is 25.7 Å². The molecule has 1 aromatic rings. The lowest BCUT2D eigenvalue weighted by Gasteiger charge is -2.37. The molecule has 0 bridgehead atoms. The van der Waals surface area contributed by atoms with Gasteiger partial charge in [0.15, 0.2) is 0 Å². The van der Waals surface area contributed by atoms with Gasteiger partial charge in [-0.05, 0) is 25.8 Å². The quantitative estimate of drug-likeness (QED) is 0.721. The molecule has 1 aliphatic carbocycles. The Kier molecular flexibility index (Phi) is 2.74. The Morgan fingerprint density at radius 2 is 2.33 bits per heavy atom. The van der Waals surface area contributed by atoms with Gasteiger partial charge in [0.2, 0.25) is 5.95 Å². The number of aromatic nitrogens is 1. The predicted octanol–water partition coefficient (Wildman–Crippen LogP) is 2.63. The Labute approximate surface area is 89.2 Å². The largest absolute Gasteiger partial charge is 0.390 e. The van der Waals surface area contributed by atoms with E-state index in [9.17, 15) is 9.50 Å². The van der Waals surface area contributed by atoms with Gasteiger partial charge in [0, 0.05) is 17.7 Å². The van der Waals surface area contributed by atoms with Crippen LogP contribution < -0.4 is 0 Å². The van der Waals surface area contributed by atoms with Gasteiger partial charge in [-0.15, -0.1) is 0 Å². The lowest BCUT2D eigenvalue weighted by Crippen LogP contribution is -2.36. The second-order valence-corrected chi connectivity index (χ2v) is 4.54. The number of halogens is 1. The maximum atomic E-state index is 13.5. The Hall–Kier alpha value is -0.960. The van der Waals surface area contributed by atoms with Crippen LogP contribution in [0.2, 0.25) is 0 Å². The molecule has 2 unspecified atom stereocenters. The highest BCUT2D eigenvalue weighted by Crippen LogP contribution is 2.40. The standard InChI is InChI=1S/C12H16FNO/c1-12(15)7-3-2-6-10(12)9-5-4-8-14-11(9)13/h4-5,8,10,15H,2-3,6-7H2,1H3. The van der Waals surface area contributed by atoms with E-state index >= 15 is 0 Å². The van der Waals surface area contributed by atoms with Crippen LogP contribution in [-0.4, -0.2) is 15.7 Å². The van der Waals surface area contributed by atoms with Crippen molar-refractivity contribution in [3.8, 4) is 0 Å². The number of hydrogen-bond donors (Lipinski definition) is 1. The van der Waals surface area contributed by atoms with Crippen LogP contribution in [-0.2, 0) is 0 Å². The molecule has 0 aromatic carbocycles. The molecule has 0 aliphatic heterocycles. The molecule has 0 radical (unpaired) electrons. The zero-order chi connectivity index (χ0) is 10.9. The molecular formula is C12H16FNO. The van der Waals surface area contributed by atoms with Gasteiger partial charge in [-0.2, -0.15) is 4.39 Å². The Balaban J connectivity index is 2.33. The molecule has 0 spiro atoms. The van der Waals surface area contributed by atoms with E-state index in [0.29, 0.717) is 5.56 Å². The fourth-order valence-corrected chi connectivity index (χ4v) is 2.47. The van der Waals surface area contributed by atoms with Crippen molar-refractivity contribution in [3.05, 3.63) is 29.8 Å². The maximum absolute atomic E-state index is 13.5. The van der Waals surface area contributed by atoms with Gasteiger partial charge in [-0.25, -0.2) is 4.98 Å². The van der Waals surface area contributed by atoms with E-state index in [-0.39, 0.29) is 5.92 Å². The summed E-state index contributed by atoms with van der Waals surface area (Å²) in [5.74, 6) is -0.551. The molecule has 2 atom stereocenters. The number of nitrogens with zero attached hydrogens (tertiary/aromatic N) is 1. The summed E-state index contributed by atoms with van der Waals surface area (Å²) in [6, 6.07) is 3.45. The molecule has 0 saturated heterocycles. The van der Waals surface area contributed by atoms with Crippen molar-refractivity contribution in [1.29, 1.82) is 0 Å². The number of hydrogen-bond acceptors (Lipinski definition) is 2. The van der Waals surface area contributed by atoms with Crippen molar-refractivity contribution in [2.45, 2.75) is 44.1 Å². The Bertz CT molecular complexity index is 351. The molecule has 82 valence electrons. The molecule has 15 heavy (non-hydrogen) atoms. The molecule has 1 aromatic heterocycles. The van der Waals surface area contributed by atoms with Gasteiger partial charge in [0.25, 0.3) is 0 Å². The summed E-state index contributed by atoms with van der Waals surface area (Å²) >= 11 is 0. The fraction of sp³-hybridized carbons (Fsp3) is 0.583. The summed E-state index contributed by atoms with van der Waals surface area (Å²) < 4.78 is 13.5. The number of aliphatic hydroxyl groups is 1. The second kappa shape index (κ2) is 3.89. The number of rotatable bonds is 1. The molecule has 0 amide bonds. The smallest absolute Gasteiger partial charge is 0.216 e. The number of pyridine rings is 1. The first kappa shape index (κ1) is 10.6. The van der Waals surface area contributed by atoms with Gasteiger partial charge in [-0.1, -0.05) is 18.9 Å². The molecule has 1 N–H and O–H groups in total. The van der Waals surface area contributed by atoms with E-state index in [4.69, 9.17) is 0 Å². The first-order chi connectivity index (χ1) is 7.11.